The molecule has 2 atom stereocenters. The Bertz CT molecular complexity index is 918. The predicted molar refractivity (Wildman–Crippen MR) is 103 cm³/mol. The third-order valence-electron chi connectivity index (χ3n) is 6.64. The Kier molecular flexibility index (Phi) is 3.92. The number of nitrogens with one attached hydrogen (secondary N) is 1. The lowest BCUT2D eigenvalue weighted by molar-refractivity contribution is -0.150. The summed E-state index contributed by atoms with van der Waals surface area (Å²) in [5, 5.41) is 7.54. The summed E-state index contributed by atoms with van der Waals surface area (Å²) >= 11 is 9.22. The monoisotopic (exact) mass is 452 g/mol. The van der Waals surface area contributed by atoms with E-state index in [0.29, 0.717) is 22.3 Å². The standard InChI is InChI=1S/C19H19BrClFN4O/c20-17-23-10-26(25-17)19-7-11-3-12(8-19)6-18(5-11,9-19)16(27)24-13-1-2-15(22)14(21)4-13/h1-2,4,10-12H,3,5-9H2,(H,24,27). The van der Waals surface area contributed by atoms with Crippen LogP contribution in [0.5, 0.6) is 0 Å². The minimum absolute atomic E-state index is 0.0160. The molecule has 1 aromatic carbocycles. The molecule has 1 N–H and O–H groups in total. The summed E-state index contributed by atoms with van der Waals surface area (Å²) in [5.74, 6) is 0.580. The van der Waals surface area contributed by atoms with Crippen molar-refractivity contribution in [2.45, 2.75) is 44.1 Å². The molecule has 0 radical (unpaired) electrons. The first kappa shape index (κ1) is 17.6. The number of anilines is 1. The van der Waals surface area contributed by atoms with Crippen molar-refractivity contribution in [3.05, 3.63) is 40.1 Å². The van der Waals surface area contributed by atoms with E-state index >= 15 is 0 Å². The number of hydrogen-bond donors (Lipinski definition) is 1. The van der Waals surface area contributed by atoms with Gasteiger partial charge in [-0.3, -0.25) is 4.79 Å². The fraction of sp³-hybridized carbons (Fsp3) is 0.526. The Morgan fingerprint density at radius 2 is 2.04 bits per heavy atom. The fourth-order valence-electron chi connectivity index (χ4n) is 6.06. The second-order valence-corrected chi connectivity index (χ2v) is 9.62. The lowest BCUT2D eigenvalue weighted by Gasteiger charge is -2.60. The van der Waals surface area contributed by atoms with Gasteiger partial charge in [0.25, 0.3) is 0 Å². The number of aromatic nitrogens is 3. The van der Waals surface area contributed by atoms with E-state index in [1.165, 1.54) is 18.6 Å². The van der Waals surface area contributed by atoms with Crippen LogP contribution in [-0.4, -0.2) is 20.7 Å². The lowest BCUT2D eigenvalue weighted by atomic mass is 9.46. The second kappa shape index (κ2) is 6.01. The number of carbonyl (C=O) groups is 1. The molecule has 0 saturated heterocycles. The van der Waals surface area contributed by atoms with Crippen LogP contribution in [0.2, 0.25) is 5.02 Å². The van der Waals surface area contributed by atoms with E-state index < -0.39 is 11.2 Å². The Labute approximate surface area is 169 Å². The Balaban J connectivity index is 1.46. The van der Waals surface area contributed by atoms with E-state index in [9.17, 15) is 9.18 Å². The highest BCUT2D eigenvalue weighted by molar-refractivity contribution is 9.10. The van der Waals surface area contributed by atoms with Gasteiger partial charge in [0.05, 0.1) is 16.0 Å². The molecule has 4 aliphatic carbocycles. The number of rotatable bonds is 3. The van der Waals surface area contributed by atoms with Gasteiger partial charge in [-0.1, -0.05) is 11.6 Å². The molecule has 0 aliphatic heterocycles. The van der Waals surface area contributed by atoms with Gasteiger partial charge in [-0.25, -0.2) is 14.1 Å². The van der Waals surface area contributed by atoms with Crippen LogP contribution in [0.15, 0.2) is 29.3 Å². The van der Waals surface area contributed by atoms with E-state index in [4.69, 9.17) is 11.6 Å². The zero-order valence-electron chi connectivity index (χ0n) is 14.6. The van der Waals surface area contributed by atoms with Crippen LogP contribution in [0.25, 0.3) is 0 Å². The molecule has 2 aromatic rings. The zero-order valence-corrected chi connectivity index (χ0v) is 16.9. The maximum absolute atomic E-state index is 13.4. The van der Waals surface area contributed by atoms with Crippen LogP contribution in [-0.2, 0) is 10.3 Å². The van der Waals surface area contributed by atoms with Crippen molar-refractivity contribution >= 4 is 39.1 Å². The third-order valence-corrected chi connectivity index (χ3v) is 7.29. The van der Waals surface area contributed by atoms with E-state index in [-0.39, 0.29) is 16.5 Å². The highest BCUT2D eigenvalue weighted by Gasteiger charge is 2.61. The van der Waals surface area contributed by atoms with Crippen molar-refractivity contribution in [2.75, 3.05) is 5.32 Å². The van der Waals surface area contributed by atoms with E-state index in [2.05, 4.69) is 31.3 Å². The summed E-state index contributed by atoms with van der Waals surface area (Å²) in [4.78, 5) is 17.6. The Morgan fingerprint density at radius 3 is 2.67 bits per heavy atom. The van der Waals surface area contributed by atoms with Crippen LogP contribution >= 0.6 is 27.5 Å². The van der Waals surface area contributed by atoms with Crippen molar-refractivity contribution in [3.63, 3.8) is 0 Å². The van der Waals surface area contributed by atoms with Gasteiger partial charge in [-0.05, 0) is 84.5 Å². The van der Waals surface area contributed by atoms with E-state index in [1.54, 1.807) is 12.4 Å². The van der Waals surface area contributed by atoms with Gasteiger partial charge in [-0.2, -0.15) is 0 Å². The maximum Gasteiger partial charge on any atom is 0.230 e. The molecule has 0 spiro atoms. The summed E-state index contributed by atoms with van der Waals surface area (Å²) in [7, 11) is 0. The number of halogens is 3. The number of amides is 1. The molecule has 4 aliphatic rings. The molecular weight excluding hydrogens is 435 g/mol. The first-order chi connectivity index (χ1) is 12.9. The second-order valence-electron chi connectivity index (χ2n) is 8.51. The van der Waals surface area contributed by atoms with Crippen LogP contribution in [0, 0.1) is 23.1 Å². The summed E-state index contributed by atoms with van der Waals surface area (Å²) in [6.07, 6.45) is 7.65. The first-order valence-corrected chi connectivity index (χ1v) is 10.4. The molecule has 8 heteroatoms. The minimum atomic E-state index is -0.486. The van der Waals surface area contributed by atoms with Gasteiger partial charge >= 0.3 is 0 Å². The molecule has 1 aromatic heterocycles. The summed E-state index contributed by atoms with van der Waals surface area (Å²) < 4.78 is 16.0. The molecular formula is C19H19BrClFN4O. The van der Waals surface area contributed by atoms with Crippen LogP contribution in [0.4, 0.5) is 10.1 Å². The maximum atomic E-state index is 13.4. The van der Waals surface area contributed by atoms with Crippen molar-refractivity contribution in [1.29, 1.82) is 0 Å². The van der Waals surface area contributed by atoms with E-state index in [1.807, 2.05) is 4.68 Å². The highest BCUT2D eigenvalue weighted by Crippen LogP contribution is 2.64. The van der Waals surface area contributed by atoms with Gasteiger partial charge in [-0.15, -0.1) is 5.10 Å². The predicted octanol–water partition coefficient (Wildman–Crippen LogP) is 4.77. The quantitative estimate of drug-likeness (QED) is 0.728. The molecule has 1 amide bonds. The summed E-state index contributed by atoms with van der Waals surface area (Å²) in [6, 6.07) is 4.32. The molecule has 4 fully saturated rings. The average molecular weight is 454 g/mol. The van der Waals surface area contributed by atoms with Gasteiger partial charge in [0, 0.05) is 5.69 Å². The molecule has 1 heterocycles. The SMILES string of the molecule is O=C(Nc1ccc(F)c(Cl)c1)C12CC3CC(C1)CC(n1cnc(Br)n1)(C3)C2. The molecule has 5 nitrogen and oxygen atoms in total. The Hall–Kier alpha value is -1.47. The largest absolute Gasteiger partial charge is 0.326 e. The minimum Gasteiger partial charge on any atom is -0.326 e. The van der Waals surface area contributed by atoms with Crippen molar-refractivity contribution < 1.29 is 9.18 Å². The number of benzene rings is 1. The number of carbonyl (C=O) groups excluding carboxylic acids is 1. The fourth-order valence-corrected chi connectivity index (χ4v) is 6.50. The highest BCUT2D eigenvalue weighted by atomic mass is 79.9. The van der Waals surface area contributed by atoms with Crippen LogP contribution < -0.4 is 5.32 Å². The molecule has 27 heavy (non-hydrogen) atoms. The van der Waals surface area contributed by atoms with Crippen LogP contribution in [0.1, 0.15) is 38.5 Å². The Morgan fingerprint density at radius 1 is 1.30 bits per heavy atom. The smallest absolute Gasteiger partial charge is 0.230 e. The van der Waals surface area contributed by atoms with Crippen LogP contribution in [0.3, 0.4) is 0 Å². The summed E-state index contributed by atoms with van der Waals surface area (Å²) in [6.45, 7) is 0. The zero-order chi connectivity index (χ0) is 18.8. The van der Waals surface area contributed by atoms with Crippen molar-refractivity contribution in [3.8, 4) is 0 Å². The molecule has 4 bridgehead atoms. The van der Waals surface area contributed by atoms with Gasteiger partial charge in [0.1, 0.15) is 12.1 Å². The van der Waals surface area contributed by atoms with Gasteiger partial charge in [0.15, 0.2) is 0 Å². The molecule has 6 rings (SSSR count). The third kappa shape index (κ3) is 2.81. The van der Waals surface area contributed by atoms with Gasteiger partial charge in [0.2, 0.25) is 10.6 Å². The topological polar surface area (TPSA) is 59.8 Å². The van der Waals surface area contributed by atoms with E-state index in [0.717, 1.165) is 32.1 Å². The molecule has 4 saturated carbocycles. The molecule has 142 valence electrons. The normalized spacial score (nSPS) is 34.0. The first-order valence-electron chi connectivity index (χ1n) is 9.22. The number of nitrogens with zero attached hydrogens (tertiary/aromatic N) is 3. The van der Waals surface area contributed by atoms with Crippen molar-refractivity contribution in [1.82, 2.24) is 14.8 Å². The number of hydrogen-bond acceptors (Lipinski definition) is 3. The van der Waals surface area contributed by atoms with Crippen molar-refractivity contribution in [2.24, 2.45) is 17.3 Å². The van der Waals surface area contributed by atoms with Gasteiger partial charge < -0.3 is 5.32 Å². The average Bonchev–Trinajstić information content (AvgIpc) is 3.04. The lowest BCUT2D eigenvalue weighted by Crippen LogP contribution is -2.60. The molecule has 2 unspecified atom stereocenters. The summed E-state index contributed by atoms with van der Waals surface area (Å²) in [5.41, 5.74) is -0.00995.